The van der Waals surface area contributed by atoms with E-state index in [4.69, 9.17) is 0 Å². The maximum atomic E-state index is 13.3. The van der Waals surface area contributed by atoms with E-state index in [0.29, 0.717) is 11.3 Å². The van der Waals surface area contributed by atoms with E-state index in [9.17, 15) is 22.7 Å². The molecule has 0 aliphatic heterocycles. The quantitative estimate of drug-likeness (QED) is 0.725. The van der Waals surface area contributed by atoms with E-state index in [0.717, 1.165) is 25.3 Å². The van der Waals surface area contributed by atoms with Gasteiger partial charge in [0.25, 0.3) is 5.91 Å². The average molecular weight is 404 g/mol. The van der Waals surface area contributed by atoms with Gasteiger partial charge in [0.1, 0.15) is 0 Å². The van der Waals surface area contributed by atoms with Crippen LogP contribution in [-0.2, 0) is 14.8 Å². The average Bonchev–Trinajstić information content (AvgIpc) is 2.65. The monoisotopic (exact) mass is 404 g/mol. The van der Waals surface area contributed by atoms with Crippen molar-refractivity contribution in [3.8, 4) is 5.75 Å². The Morgan fingerprint density at radius 3 is 2.46 bits per heavy atom. The molecule has 1 aliphatic rings. The van der Waals surface area contributed by atoms with Crippen molar-refractivity contribution in [2.75, 3.05) is 11.9 Å². The number of anilines is 1. The van der Waals surface area contributed by atoms with Crippen molar-refractivity contribution in [3.63, 3.8) is 0 Å². The molecule has 2 aromatic rings. The Morgan fingerprint density at radius 1 is 1.21 bits per heavy atom. The van der Waals surface area contributed by atoms with Gasteiger partial charge in [-0.3, -0.25) is 4.79 Å². The number of phenols is 1. The van der Waals surface area contributed by atoms with Crippen LogP contribution in [0.4, 0.5) is 10.1 Å². The van der Waals surface area contributed by atoms with Gasteiger partial charge >= 0.3 is 0 Å². The van der Waals surface area contributed by atoms with Crippen LogP contribution in [0.5, 0.6) is 5.75 Å². The van der Waals surface area contributed by atoms with Gasteiger partial charge in [-0.15, -0.1) is 0 Å². The van der Waals surface area contributed by atoms with Gasteiger partial charge in [-0.25, -0.2) is 17.5 Å². The second-order valence-corrected chi connectivity index (χ2v) is 8.40. The van der Waals surface area contributed by atoms with Crippen LogP contribution >= 0.6 is 0 Å². The number of hydrogen-bond acceptors (Lipinski definition) is 4. The molecule has 0 bridgehead atoms. The molecule has 1 saturated carbocycles. The van der Waals surface area contributed by atoms with Crippen molar-refractivity contribution in [1.29, 1.82) is 0 Å². The number of carbonyl (C=O) groups is 1. The number of rotatable bonds is 6. The number of sulfonamides is 1. The lowest BCUT2D eigenvalue weighted by molar-refractivity contribution is -0.113. The third-order valence-electron chi connectivity index (χ3n) is 4.68. The number of nitrogens with one attached hydrogen (secondary N) is 1. The molecule has 0 radical (unpaired) electrons. The number of phenolic OH excluding ortho intramolecular Hbond substituents is 1. The van der Waals surface area contributed by atoms with Crippen molar-refractivity contribution in [2.24, 2.45) is 0 Å². The summed E-state index contributed by atoms with van der Waals surface area (Å²) in [5.41, 5.74) is 0.953. The summed E-state index contributed by atoms with van der Waals surface area (Å²) in [4.78, 5) is 13.8. The summed E-state index contributed by atoms with van der Waals surface area (Å²) >= 11 is 0. The fraction of sp³-hybridized carbons (Fsp3) is 0.250. The molecule has 6 nitrogen and oxygen atoms in total. The van der Waals surface area contributed by atoms with Crippen LogP contribution in [0, 0.1) is 5.82 Å². The van der Waals surface area contributed by atoms with Crippen molar-refractivity contribution in [3.05, 3.63) is 59.9 Å². The normalized spacial score (nSPS) is 14.8. The fourth-order valence-electron chi connectivity index (χ4n) is 2.70. The van der Waals surface area contributed by atoms with Crippen LogP contribution in [0.15, 0.2) is 53.4 Å². The first-order valence-electron chi connectivity index (χ1n) is 8.83. The molecule has 1 aliphatic carbocycles. The first kappa shape index (κ1) is 20.0. The summed E-state index contributed by atoms with van der Waals surface area (Å²) < 4.78 is 40.6. The lowest BCUT2D eigenvalue weighted by atomic mass is 9.94. The summed E-state index contributed by atoms with van der Waals surface area (Å²) in [6.45, 7) is 0. The summed E-state index contributed by atoms with van der Waals surface area (Å²) in [5, 5.41) is 9.18. The molecule has 0 saturated heterocycles. The number of benzene rings is 2. The van der Waals surface area contributed by atoms with Gasteiger partial charge in [0.05, 0.1) is 4.90 Å². The highest BCUT2D eigenvalue weighted by Crippen LogP contribution is 2.23. The van der Waals surface area contributed by atoms with Crippen molar-refractivity contribution >= 4 is 27.7 Å². The Bertz CT molecular complexity index is 999. The zero-order valence-electron chi connectivity index (χ0n) is 15.3. The number of amides is 1. The summed E-state index contributed by atoms with van der Waals surface area (Å²) in [5.74, 6) is -1.59. The third kappa shape index (κ3) is 4.58. The second-order valence-electron chi connectivity index (χ2n) is 6.68. The van der Waals surface area contributed by atoms with Crippen molar-refractivity contribution < 1.29 is 22.7 Å². The molecule has 28 heavy (non-hydrogen) atoms. The first-order valence-corrected chi connectivity index (χ1v) is 10.3. The Hall–Kier alpha value is -2.71. The van der Waals surface area contributed by atoms with E-state index < -0.39 is 21.6 Å². The minimum Gasteiger partial charge on any atom is -0.505 e. The topological polar surface area (TPSA) is 86.7 Å². The zero-order chi connectivity index (χ0) is 20.3. The van der Waals surface area contributed by atoms with E-state index in [1.807, 2.05) is 0 Å². The maximum absolute atomic E-state index is 13.3. The Labute approximate surface area is 163 Å². The van der Waals surface area contributed by atoms with Gasteiger partial charge in [0.15, 0.2) is 11.6 Å². The molecule has 0 atom stereocenters. The molecular weight excluding hydrogens is 383 g/mol. The van der Waals surface area contributed by atoms with Crippen LogP contribution < -0.4 is 9.62 Å². The SMILES string of the molecule is CN(C(=O)/C=C/c1ccc(O)c(F)c1)c1ccc(S(=O)(=O)NC2CCC2)cc1. The number of likely N-dealkylation sites (N-methyl/N-ethyl adjacent to an activating group) is 1. The lowest BCUT2D eigenvalue weighted by Gasteiger charge is -2.26. The predicted octanol–water partition coefficient (Wildman–Crippen LogP) is 3.04. The zero-order valence-corrected chi connectivity index (χ0v) is 16.1. The predicted molar refractivity (Wildman–Crippen MR) is 105 cm³/mol. The molecular formula is C20H21FN2O4S. The molecule has 8 heteroatoms. The number of nitrogens with zero attached hydrogens (tertiary/aromatic N) is 1. The molecule has 0 spiro atoms. The van der Waals surface area contributed by atoms with E-state index >= 15 is 0 Å². The van der Waals surface area contributed by atoms with Gasteiger partial charge < -0.3 is 10.0 Å². The Balaban J connectivity index is 1.67. The molecule has 0 heterocycles. The maximum Gasteiger partial charge on any atom is 0.250 e. The van der Waals surface area contributed by atoms with Crippen molar-refractivity contribution in [2.45, 2.75) is 30.2 Å². The molecule has 3 rings (SSSR count). The lowest BCUT2D eigenvalue weighted by Crippen LogP contribution is -2.39. The third-order valence-corrected chi connectivity index (χ3v) is 6.22. The van der Waals surface area contributed by atoms with Crippen LogP contribution in [0.1, 0.15) is 24.8 Å². The molecule has 2 N–H and O–H groups in total. The van der Waals surface area contributed by atoms with E-state index in [-0.39, 0.29) is 16.8 Å². The summed E-state index contributed by atoms with van der Waals surface area (Å²) in [7, 11) is -2.00. The summed E-state index contributed by atoms with van der Waals surface area (Å²) in [6.07, 6.45) is 5.44. The van der Waals surface area contributed by atoms with Gasteiger partial charge in [-0.1, -0.05) is 12.5 Å². The fourth-order valence-corrected chi connectivity index (χ4v) is 4.00. The molecule has 2 aromatic carbocycles. The summed E-state index contributed by atoms with van der Waals surface area (Å²) in [6, 6.07) is 9.84. The van der Waals surface area contributed by atoms with E-state index in [1.54, 1.807) is 19.2 Å². The number of halogens is 1. The van der Waals surface area contributed by atoms with Crippen LogP contribution in [-0.4, -0.2) is 32.5 Å². The molecule has 1 amide bonds. The van der Waals surface area contributed by atoms with Crippen LogP contribution in [0.25, 0.3) is 6.08 Å². The smallest absolute Gasteiger partial charge is 0.250 e. The van der Waals surface area contributed by atoms with Gasteiger partial charge in [-0.05, 0) is 60.9 Å². The minimum absolute atomic E-state index is 0.00352. The Kier molecular flexibility index (Phi) is 5.81. The second kappa shape index (κ2) is 8.12. The highest BCUT2D eigenvalue weighted by atomic mass is 32.2. The first-order chi connectivity index (χ1) is 13.3. The van der Waals surface area contributed by atoms with Crippen LogP contribution in [0.2, 0.25) is 0 Å². The largest absolute Gasteiger partial charge is 0.505 e. The van der Waals surface area contributed by atoms with E-state index in [1.165, 1.54) is 41.3 Å². The van der Waals surface area contributed by atoms with Gasteiger partial charge in [0.2, 0.25) is 10.0 Å². The van der Waals surface area contributed by atoms with Gasteiger partial charge in [0, 0.05) is 24.9 Å². The molecule has 148 valence electrons. The number of aromatic hydroxyl groups is 1. The minimum atomic E-state index is -3.56. The molecule has 1 fully saturated rings. The molecule has 0 unspecified atom stereocenters. The standard InChI is InChI=1S/C20H21FN2O4S/c1-23(20(25)12-6-14-5-11-19(24)18(21)13-14)16-7-9-17(10-8-16)28(26,27)22-15-3-2-4-15/h5-13,15,22,24H,2-4H2,1H3/b12-6+. The van der Waals surface area contributed by atoms with Gasteiger partial charge in [-0.2, -0.15) is 0 Å². The molecule has 0 aromatic heterocycles. The van der Waals surface area contributed by atoms with Crippen LogP contribution in [0.3, 0.4) is 0 Å². The van der Waals surface area contributed by atoms with Crippen molar-refractivity contribution in [1.82, 2.24) is 4.72 Å². The van der Waals surface area contributed by atoms with E-state index in [2.05, 4.69) is 4.72 Å². The number of carbonyl (C=O) groups excluding carboxylic acids is 1. The Morgan fingerprint density at radius 2 is 1.89 bits per heavy atom. The highest BCUT2D eigenvalue weighted by Gasteiger charge is 2.24. The number of hydrogen-bond donors (Lipinski definition) is 2. The highest BCUT2D eigenvalue weighted by molar-refractivity contribution is 7.89.